The molecule has 0 aliphatic carbocycles. The molecule has 0 saturated carbocycles. The predicted octanol–water partition coefficient (Wildman–Crippen LogP) is 4.44. The van der Waals surface area contributed by atoms with Crippen molar-refractivity contribution in [2.45, 2.75) is 12.6 Å². The van der Waals surface area contributed by atoms with Crippen molar-refractivity contribution in [3.63, 3.8) is 0 Å². The van der Waals surface area contributed by atoms with Gasteiger partial charge in [-0.05, 0) is 27.6 Å². The third-order valence-electron chi connectivity index (χ3n) is 2.89. The van der Waals surface area contributed by atoms with Crippen molar-refractivity contribution in [1.82, 2.24) is 5.32 Å². The standard InChI is InChI=1S/C14H13BrN2S2/c15-11-6-12(18-8-11)7-16-14-17-13(9-19-14)10-4-2-1-3-5-10/h1-6,8,13H,7,9H2,(H,16,17). The van der Waals surface area contributed by atoms with Crippen LogP contribution in [0.15, 0.2) is 51.2 Å². The SMILES string of the molecule is Brc1csc(CN=C2NC(c3ccccc3)CS2)c1. The predicted molar refractivity (Wildman–Crippen MR) is 87.9 cm³/mol. The maximum absolute atomic E-state index is 4.64. The van der Waals surface area contributed by atoms with E-state index in [1.54, 1.807) is 23.1 Å². The summed E-state index contributed by atoms with van der Waals surface area (Å²) in [5.74, 6) is 1.05. The smallest absolute Gasteiger partial charge is 0.157 e. The lowest BCUT2D eigenvalue weighted by molar-refractivity contribution is 0.749. The number of rotatable bonds is 3. The van der Waals surface area contributed by atoms with Crippen molar-refractivity contribution in [3.8, 4) is 0 Å². The van der Waals surface area contributed by atoms with Crippen LogP contribution in [0.5, 0.6) is 0 Å². The van der Waals surface area contributed by atoms with E-state index in [4.69, 9.17) is 0 Å². The molecular weight excluding hydrogens is 340 g/mol. The molecule has 1 aliphatic rings. The van der Waals surface area contributed by atoms with Crippen LogP contribution in [0, 0.1) is 0 Å². The monoisotopic (exact) mass is 352 g/mol. The van der Waals surface area contributed by atoms with Crippen molar-refractivity contribution in [2.24, 2.45) is 4.99 Å². The number of hydrogen-bond donors (Lipinski definition) is 1. The van der Waals surface area contributed by atoms with E-state index in [0.717, 1.165) is 21.9 Å². The Morgan fingerprint density at radius 2 is 2.16 bits per heavy atom. The summed E-state index contributed by atoms with van der Waals surface area (Å²) in [5, 5.41) is 6.64. The number of thiophene rings is 1. The van der Waals surface area contributed by atoms with Crippen LogP contribution in [0.2, 0.25) is 0 Å². The molecule has 1 N–H and O–H groups in total. The Labute approximate surface area is 129 Å². The van der Waals surface area contributed by atoms with Crippen LogP contribution >= 0.6 is 39.0 Å². The second-order valence-corrected chi connectivity index (χ2v) is 7.19. The van der Waals surface area contributed by atoms with E-state index in [1.165, 1.54) is 10.4 Å². The first-order valence-corrected chi connectivity index (χ1v) is 8.69. The molecule has 2 aromatic rings. The van der Waals surface area contributed by atoms with Crippen molar-refractivity contribution in [3.05, 3.63) is 56.7 Å². The Morgan fingerprint density at radius 3 is 2.89 bits per heavy atom. The van der Waals surface area contributed by atoms with Gasteiger partial charge in [-0.3, -0.25) is 4.99 Å². The highest BCUT2D eigenvalue weighted by molar-refractivity contribution is 9.10. The number of hydrogen-bond acceptors (Lipinski definition) is 3. The quantitative estimate of drug-likeness (QED) is 0.882. The minimum absolute atomic E-state index is 0.389. The topological polar surface area (TPSA) is 24.4 Å². The molecule has 1 saturated heterocycles. The Kier molecular flexibility index (Phi) is 4.25. The van der Waals surface area contributed by atoms with E-state index in [-0.39, 0.29) is 0 Å². The third kappa shape index (κ3) is 3.41. The van der Waals surface area contributed by atoms with Crippen LogP contribution in [0.25, 0.3) is 0 Å². The summed E-state index contributed by atoms with van der Waals surface area (Å²) in [4.78, 5) is 5.92. The van der Waals surface area contributed by atoms with Gasteiger partial charge in [-0.25, -0.2) is 0 Å². The zero-order chi connectivity index (χ0) is 13.1. The van der Waals surface area contributed by atoms with Crippen molar-refractivity contribution >= 4 is 44.2 Å². The van der Waals surface area contributed by atoms with Crippen molar-refractivity contribution in [1.29, 1.82) is 0 Å². The number of nitrogens with one attached hydrogen (secondary N) is 1. The van der Waals surface area contributed by atoms with Gasteiger partial charge in [0.2, 0.25) is 0 Å². The Morgan fingerprint density at radius 1 is 1.32 bits per heavy atom. The Hall–Kier alpha value is -0.780. The zero-order valence-corrected chi connectivity index (χ0v) is 13.4. The number of aliphatic imine (C=N–C) groups is 1. The molecule has 2 heterocycles. The summed E-state index contributed by atoms with van der Waals surface area (Å²) in [6, 6.07) is 13.1. The molecule has 1 aromatic carbocycles. The lowest BCUT2D eigenvalue weighted by Gasteiger charge is -2.09. The molecule has 0 spiro atoms. The fourth-order valence-corrected chi connectivity index (χ4v) is 4.29. The number of nitrogens with zero attached hydrogens (tertiary/aromatic N) is 1. The molecule has 0 amide bonds. The summed E-state index contributed by atoms with van der Waals surface area (Å²) in [6.45, 7) is 0.757. The summed E-state index contributed by atoms with van der Waals surface area (Å²) >= 11 is 7.01. The van der Waals surface area contributed by atoms with Crippen LogP contribution in [0.1, 0.15) is 16.5 Å². The van der Waals surface area contributed by atoms with Gasteiger partial charge in [0.05, 0.1) is 12.6 Å². The maximum atomic E-state index is 4.64. The largest absolute Gasteiger partial charge is 0.357 e. The molecule has 19 heavy (non-hydrogen) atoms. The van der Waals surface area contributed by atoms with E-state index < -0.39 is 0 Å². The van der Waals surface area contributed by atoms with Gasteiger partial charge < -0.3 is 5.32 Å². The van der Waals surface area contributed by atoms with Gasteiger partial charge in [0.25, 0.3) is 0 Å². The fraction of sp³-hybridized carbons (Fsp3) is 0.214. The summed E-state index contributed by atoms with van der Waals surface area (Å²) < 4.78 is 1.14. The van der Waals surface area contributed by atoms with E-state index in [0.29, 0.717) is 6.04 Å². The molecule has 1 fully saturated rings. The van der Waals surface area contributed by atoms with Gasteiger partial charge in [0.1, 0.15) is 0 Å². The van der Waals surface area contributed by atoms with Crippen LogP contribution in [-0.2, 0) is 6.54 Å². The van der Waals surface area contributed by atoms with Gasteiger partial charge in [-0.2, -0.15) is 0 Å². The second kappa shape index (κ2) is 6.11. The van der Waals surface area contributed by atoms with Gasteiger partial charge in [-0.1, -0.05) is 42.1 Å². The highest BCUT2D eigenvalue weighted by Crippen LogP contribution is 2.27. The summed E-state index contributed by atoms with van der Waals surface area (Å²) in [7, 11) is 0. The van der Waals surface area contributed by atoms with E-state index in [2.05, 4.69) is 68.0 Å². The van der Waals surface area contributed by atoms with Crippen molar-refractivity contribution < 1.29 is 0 Å². The van der Waals surface area contributed by atoms with Gasteiger partial charge in [-0.15, -0.1) is 11.3 Å². The average Bonchev–Trinajstić information content (AvgIpc) is 3.06. The van der Waals surface area contributed by atoms with E-state index in [1.807, 2.05) is 0 Å². The molecule has 98 valence electrons. The molecule has 2 nitrogen and oxygen atoms in total. The lowest BCUT2D eigenvalue weighted by atomic mass is 10.1. The number of halogens is 1. The van der Waals surface area contributed by atoms with E-state index in [9.17, 15) is 0 Å². The number of benzene rings is 1. The number of thioether (sulfide) groups is 1. The summed E-state index contributed by atoms with van der Waals surface area (Å²) in [6.07, 6.45) is 0. The second-order valence-electron chi connectivity index (χ2n) is 4.27. The van der Waals surface area contributed by atoms with Crippen molar-refractivity contribution in [2.75, 3.05) is 5.75 Å². The maximum Gasteiger partial charge on any atom is 0.157 e. The lowest BCUT2D eigenvalue weighted by Crippen LogP contribution is -2.19. The first-order valence-electron chi connectivity index (χ1n) is 6.03. The third-order valence-corrected chi connectivity index (χ3v) is 5.59. The number of amidine groups is 1. The first-order chi connectivity index (χ1) is 9.31. The van der Waals surface area contributed by atoms with Gasteiger partial charge >= 0.3 is 0 Å². The Balaban J connectivity index is 1.62. The zero-order valence-electron chi connectivity index (χ0n) is 10.2. The summed E-state index contributed by atoms with van der Waals surface area (Å²) in [5.41, 5.74) is 1.33. The average molecular weight is 353 g/mol. The first kappa shape index (κ1) is 13.2. The minimum atomic E-state index is 0.389. The highest BCUT2D eigenvalue weighted by Gasteiger charge is 2.21. The van der Waals surface area contributed by atoms with Gasteiger partial charge in [0, 0.05) is 20.5 Å². The molecule has 0 radical (unpaired) electrons. The molecule has 5 heteroatoms. The highest BCUT2D eigenvalue weighted by atomic mass is 79.9. The molecular formula is C14H13BrN2S2. The fourth-order valence-electron chi connectivity index (χ4n) is 1.94. The molecule has 1 unspecified atom stereocenters. The molecule has 0 bridgehead atoms. The van der Waals surface area contributed by atoms with Crippen LogP contribution < -0.4 is 5.32 Å². The normalized spacial score (nSPS) is 20.7. The van der Waals surface area contributed by atoms with Crippen LogP contribution in [-0.4, -0.2) is 10.9 Å². The molecule has 1 aliphatic heterocycles. The molecule has 3 rings (SSSR count). The minimum Gasteiger partial charge on any atom is -0.357 e. The van der Waals surface area contributed by atoms with E-state index >= 15 is 0 Å². The molecule has 1 atom stereocenters. The molecule has 1 aromatic heterocycles. The van der Waals surface area contributed by atoms with Crippen LogP contribution in [0.4, 0.5) is 0 Å². The van der Waals surface area contributed by atoms with Gasteiger partial charge in [0.15, 0.2) is 5.17 Å². The Bertz CT molecular complexity index is 580. The van der Waals surface area contributed by atoms with Crippen LogP contribution in [0.3, 0.4) is 0 Å².